The molecule has 2 N–H and O–H groups in total. The molecule has 0 saturated carbocycles. The fourth-order valence-corrected chi connectivity index (χ4v) is 1.33. The molecule has 0 amide bonds. The Morgan fingerprint density at radius 2 is 1.87 bits per heavy atom. The van der Waals surface area contributed by atoms with Crippen molar-refractivity contribution in [3.8, 4) is 17.2 Å². The van der Waals surface area contributed by atoms with Gasteiger partial charge in [-0.2, -0.15) is 0 Å². The molecule has 0 saturated heterocycles. The van der Waals surface area contributed by atoms with Crippen LogP contribution in [0.3, 0.4) is 0 Å². The van der Waals surface area contributed by atoms with Gasteiger partial charge in [-0.05, 0) is 25.8 Å². The predicted molar refractivity (Wildman–Crippen MR) is 59.6 cm³/mol. The van der Waals surface area contributed by atoms with Gasteiger partial charge in [0.25, 0.3) is 0 Å². The molecule has 0 aromatic heterocycles. The number of aromatic hydroxyl groups is 2. The first-order valence-electron chi connectivity index (χ1n) is 5.22. The third-order valence-electron chi connectivity index (χ3n) is 2.55. The molecule has 84 valence electrons. The van der Waals surface area contributed by atoms with Crippen LogP contribution >= 0.6 is 0 Å². The summed E-state index contributed by atoms with van der Waals surface area (Å²) in [7, 11) is 0. The van der Waals surface area contributed by atoms with Crippen molar-refractivity contribution in [1.82, 2.24) is 0 Å². The molecule has 3 heteroatoms. The van der Waals surface area contributed by atoms with Gasteiger partial charge in [0.05, 0.1) is 6.61 Å². The molecule has 3 nitrogen and oxygen atoms in total. The third-order valence-corrected chi connectivity index (χ3v) is 2.55. The van der Waals surface area contributed by atoms with Crippen molar-refractivity contribution in [1.29, 1.82) is 0 Å². The first kappa shape index (κ1) is 11.7. The van der Waals surface area contributed by atoms with E-state index in [2.05, 4.69) is 6.92 Å². The van der Waals surface area contributed by atoms with Crippen LogP contribution in [0.2, 0.25) is 0 Å². The Hall–Kier alpha value is -1.38. The zero-order valence-electron chi connectivity index (χ0n) is 9.50. The molecule has 0 aliphatic rings. The van der Waals surface area contributed by atoms with Gasteiger partial charge in [0.1, 0.15) is 5.75 Å². The van der Waals surface area contributed by atoms with Gasteiger partial charge < -0.3 is 14.9 Å². The lowest BCUT2D eigenvalue weighted by Gasteiger charge is -2.12. The van der Waals surface area contributed by atoms with Crippen LogP contribution in [0.5, 0.6) is 17.2 Å². The van der Waals surface area contributed by atoms with Crippen LogP contribution in [0.1, 0.15) is 30.9 Å². The van der Waals surface area contributed by atoms with Gasteiger partial charge in [-0.25, -0.2) is 0 Å². The Labute approximate surface area is 90.3 Å². The summed E-state index contributed by atoms with van der Waals surface area (Å²) < 4.78 is 5.52. The highest BCUT2D eigenvalue weighted by atomic mass is 16.5. The molecule has 1 rings (SSSR count). The first-order chi connectivity index (χ1) is 7.07. The summed E-state index contributed by atoms with van der Waals surface area (Å²) in [5, 5.41) is 18.9. The number of ether oxygens (including phenoxy) is 1. The molecule has 1 aromatic carbocycles. The lowest BCUT2D eigenvalue weighted by atomic mass is 10.1. The van der Waals surface area contributed by atoms with Crippen molar-refractivity contribution in [2.45, 2.75) is 33.6 Å². The second-order valence-electron chi connectivity index (χ2n) is 3.69. The lowest BCUT2D eigenvalue weighted by molar-refractivity contribution is 0.303. The quantitative estimate of drug-likeness (QED) is 0.593. The highest BCUT2D eigenvalue weighted by molar-refractivity contribution is 5.54. The fraction of sp³-hybridized carbons (Fsp3) is 0.500. The molecule has 0 atom stereocenters. The smallest absolute Gasteiger partial charge is 0.161 e. The molecule has 0 aliphatic heterocycles. The van der Waals surface area contributed by atoms with Gasteiger partial charge in [-0.15, -0.1) is 0 Å². The summed E-state index contributed by atoms with van der Waals surface area (Å²) in [6.45, 7) is 6.36. The number of benzene rings is 1. The van der Waals surface area contributed by atoms with Crippen LogP contribution < -0.4 is 4.74 Å². The van der Waals surface area contributed by atoms with Gasteiger partial charge in [-0.1, -0.05) is 13.3 Å². The normalized spacial score (nSPS) is 10.3. The second kappa shape index (κ2) is 4.91. The maximum Gasteiger partial charge on any atom is 0.161 e. The zero-order chi connectivity index (χ0) is 11.4. The number of hydrogen-bond acceptors (Lipinski definition) is 3. The molecule has 0 fully saturated rings. The number of rotatable bonds is 4. The highest BCUT2D eigenvalue weighted by Crippen LogP contribution is 2.36. The van der Waals surface area contributed by atoms with Crippen LogP contribution in [0.25, 0.3) is 0 Å². The summed E-state index contributed by atoms with van der Waals surface area (Å²) in [5.74, 6) is 0.469. The topological polar surface area (TPSA) is 49.7 Å². The van der Waals surface area contributed by atoms with E-state index in [0.29, 0.717) is 17.9 Å². The van der Waals surface area contributed by atoms with E-state index in [-0.39, 0.29) is 11.5 Å². The number of unbranched alkanes of at least 4 members (excludes halogenated alkanes) is 1. The number of hydrogen-bond donors (Lipinski definition) is 2. The van der Waals surface area contributed by atoms with Gasteiger partial charge in [-0.3, -0.25) is 0 Å². The number of phenols is 2. The Morgan fingerprint density at radius 1 is 1.20 bits per heavy atom. The van der Waals surface area contributed by atoms with Gasteiger partial charge in [0, 0.05) is 11.6 Å². The fourth-order valence-electron chi connectivity index (χ4n) is 1.33. The van der Waals surface area contributed by atoms with Crippen LogP contribution in [-0.4, -0.2) is 16.8 Å². The highest BCUT2D eigenvalue weighted by Gasteiger charge is 2.11. The molecule has 1 aromatic rings. The average molecular weight is 210 g/mol. The monoisotopic (exact) mass is 210 g/mol. The average Bonchev–Trinajstić information content (AvgIpc) is 2.23. The summed E-state index contributed by atoms with van der Waals surface area (Å²) in [4.78, 5) is 0. The van der Waals surface area contributed by atoms with Crippen LogP contribution in [0.4, 0.5) is 0 Å². The molecule has 0 bridgehead atoms. The van der Waals surface area contributed by atoms with Crippen LogP contribution in [-0.2, 0) is 0 Å². The Morgan fingerprint density at radius 3 is 2.47 bits per heavy atom. The van der Waals surface area contributed by atoms with Crippen molar-refractivity contribution < 1.29 is 14.9 Å². The Kier molecular flexibility index (Phi) is 3.83. The van der Waals surface area contributed by atoms with Gasteiger partial charge in [0.2, 0.25) is 0 Å². The van der Waals surface area contributed by atoms with E-state index < -0.39 is 0 Å². The summed E-state index contributed by atoms with van der Waals surface area (Å²) >= 11 is 0. The van der Waals surface area contributed by atoms with E-state index in [1.165, 1.54) is 6.07 Å². The molecule has 0 radical (unpaired) electrons. The second-order valence-corrected chi connectivity index (χ2v) is 3.69. The van der Waals surface area contributed by atoms with Gasteiger partial charge >= 0.3 is 0 Å². The van der Waals surface area contributed by atoms with E-state index >= 15 is 0 Å². The van der Waals surface area contributed by atoms with Crippen molar-refractivity contribution in [2.75, 3.05) is 6.61 Å². The largest absolute Gasteiger partial charge is 0.504 e. The Bertz CT molecular complexity index is 345. The van der Waals surface area contributed by atoms with Crippen molar-refractivity contribution in [2.24, 2.45) is 0 Å². The van der Waals surface area contributed by atoms with E-state index in [1.807, 2.05) is 6.92 Å². The Balaban J connectivity index is 2.89. The SMILES string of the molecule is CCCCOc1cc(O)c(O)c(C)c1C. The molecule has 15 heavy (non-hydrogen) atoms. The summed E-state index contributed by atoms with van der Waals surface area (Å²) in [6.07, 6.45) is 2.06. The third kappa shape index (κ3) is 2.55. The van der Waals surface area contributed by atoms with Gasteiger partial charge in [0.15, 0.2) is 11.5 Å². The zero-order valence-corrected chi connectivity index (χ0v) is 9.50. The minimum Gasteiger partial charge on any atom is -0.504 e. The maximum atomic E-state index is 9.48. The summed E-state index contributed by atoms with van der Waals surface area (Å²) in [5.41, 5.74) is 1.54. The minimum atomic E-state index is -0.121. The maximum absolute atomic E-state index is 9.48. The van der Waals surface area contributed by atoms with Crippen molar-refractivity contribution >= 4 is 0 Å². The standard InChI is InChI=1S/C12H18O3/c1-4-5-6-15-11-7-10(13)12(14)9(3)8(11)2/h7,13-14H,4-6H2,1-3H3. The molecular formula is C12H18O3. The van der Waals surface area contributed by atoms with E-state index in [9.17, 15) is 10.2 Å². The van der Waals surface area contributed by atoms with E-state index in [0.717, 1.165) is 18.4 Å². The van der Waals surface area contributed by atoms with Crippen LogP contribution in [0, 0.1) is 13.8 Å². The minimum absolute atomic E-state index is 0.0599. The molecular weight excluding hydrogens is 192 g/mol. The lowest BCUT2D eigenvalue weighted by Crippen LogP contribution is -1.99. The summed E-state index contributed by atoms with van der Waals surface area (Å²) in [6, 6.07) is 1.47. The molecule has 0 aliphatic carbocycles. The predicted octanol–water partition coefficient (Wildman–Crippen LogP) is 2.89. The molecule has 0 unspecified atom stereocenters. The first-order valence-corrected chi connectivity index (χ1v) is 5.22. The number of phenolic OH excluding ortho intramolecular Hbond substituents is 2. The van der Waals surface area contributed by atoms with E-state index in [1.54, 1.807) is 6.92 Å². The van der Waals surface area contributed by atoms with Crippen LogP contribution in [0.15, 0.2) is 6.07 Å². The molecule has 0 spiro atoms. The molecule has 0 heterocycles. The van der Waals surface area contributed by atoms with E-state index in [4.69, 9.17) is 4.74 Å². The van der Waals surface area contributed by atoms with Crippen molar-refractivity contribution in [3.63, 3.8) is 0 Å². The van der Waals surface area contributed by atoms with Crippen molar-refractivity contribution in [3.05, 3.63) is 17.2 Å².